The summed E-state index contributed by atoms with van der Waals surface area (Å²) < 4.78 is 55.4. The first-order valence-electron chi connectivity index (χ1n) is 9.51. The predicted molar refractivity (Wildman–Crippen MR) is 119 cm³/mol. The number of aliphatic hydroxyl groups is 2. The quantitative estimate of drug-likeness (QED) is 0.124. The van der Waals surface area contributed by atoms with Gasteiger partial charge in [-0.15, -0.1) is 0 Å². The molecule has 1 rings (SSSR count). The Morgan fingerprint density at radius 1 is 1.14 bits per heavy atom. The highest BCUT2D eigenvalue weighted by molar-refractivity contribution is 7.86. The van der Waals surface area contributed by atoms with E-state index in [1.54, 1.807) is 0 Å². The van der Waals surface area contributed by atoms with E-state index < -0.39 is 92.4 Å². The lowest BCUT2D eigenvalue weighted by Crippen LogP contribution is -2.48. The van der Waals surface area contributed by atoms with E-state index in [0.717, 1.165) is 23.3 Å². The second-order valence-corrected chi connectivity index (χ2v) is 10.3. The fraction of sp³-hybridized carbons (Fsp3) is 0.562. The van der Waals surface area contributed by atoms with E-state index in [0.29, 0.717) is 12.3 Å². The van der Waals surface area contributed by atoms with Gasteiger partial charge in [-0.1, -0.05) is 0 Å². The average Bonchev–Trinajstić information content (AvgIpc) is 2.73. The van der Waals surface area contributed by atoms with Crippen LogP contribution in [0.3, 0.4) is 0 Å². The molecule has 0 spiro atoms. The summed E-state index contributed by atoms with van der Waals surface area (Å²) in [6, 6.07) is 2.50. The Kier molecular flexibility index (Phi) is 10.9. The smallest absolute Gasteiger partial charge is 0.299 e. The summed E-state index contributed by atoms with van der Waals surface area (Å²) in [6.07, 6.45) is -1.89. The molecule has 1 aromatic carbocycles. The van der Waals surface area contributed by atoms with Crippen LogP contribution in [0, 0.1) is 20.2 Å². The molecule has 0 radical (unpaired) electrons. The molecule has 3 N–H and O–H groups in total. The van der Waals surface area contributed by atoms with Crippen molar-refractivity contribution in [3.8, 4) is 0 Å². The van der Waals surface area contributed by atoms with Crippen molar-refractivity contribution in [1.29, 1.82) is 0 Å². The molecule has 0 heterocycles. The first kappa shape index (κ1) is 30.1. The highest BCUT2D eigenvalue weighted by Crippen LogP contribution is 2.32. The highest BCUT2D eigenvalue weighted by atomic mass is 32.2. The average molecular weight is 545 g/mol. The maximum absolute atomic E-state index is 12.5. The Bertz CT molecular complexity index is 1140. The lowest BCUT2D eigenvalue weighted by molar-refractivity contribution is -0.393. The molecule has 0 fully saturated rings. The maximum Gasteiger partial charge on any atom is 0.299 e. The number of nitro benzene ring substituents is 2. The third-order valence-electron chi connectivity index (χ3n) is 4.06. The van der Waals surface area contributed by atoms with Gasteiger partial charge in [-0.3, -0.25) is 33.4 Å². The summed E-state index contributed by atoms with van der Waals surface area (Å²) in [6.45, 7) is -2.99. The number of non-ortho nitro benzene ring substituents is 1. The number of anilines is 1. The van der Waals surface area contributed by atoms with E-state index in [2.05, 4.69) is 9.50 Å². The Morgan fingerprint density at radius 3 is 2.26 bits per heavy atom. The largest absolute Gasteiger partial charge is 0.394 e. The number of hydrogen-bond acceptors (Lipinski definition) is 14. The number of amides is 1. The third-order valence-corrected chi connectivity index (χ3v) is 5.23. The molecule has 2 atom stereocenters. The van der Waals surface area contributed by atoms with Crippen molar-refractivity contribution < 1.29 is 50.1 Å². The zero-order chi connectivity index (χ0) is 27.0. The van der Waals surface area contributed by atoms with E-state index in [-0.39, 0.29) is 5.69 Å². The van der Waals surface area contributed by atoms with Crippen molar-refractivity contribution in [3.05, 3.63) is 38.4 Å². The summed E-state index contributed by atoms with van der Waals surface area (Å²) in [4.78, 5) is 34.2. The molecule has 0 aliphatic heterocycles. The van der Waals surface area contributed by atoms with Crippen LogP contribution in [-0.4, -0.2) is 100 Å². The normalized spacial score (nSPS) is 13.6. The summed E-state index contributed by atoms with van der Waals surface area (Å²) in [5.74, 6) is -1.10. The van der Waals surface area contributed by atoms with E-state index in [4.69, 9.17) is 9.29 Å². The molecule has 198 valence electrons. The van der Waals surface area contributed by atoms with Crippen LogP contribution < -0.4 is 10.2 Å². The number of aliphatic hydroxyl groups excluding tert-OH is 2. The first-order chi connectivity index (χ1) is 16.0. The molecular formula is C16H24N4O13S2. The van der Waals surface area contributed by atoms with Crippen LogP contribution in [0.1, 0.15) is 0 Å². The Balaban J connectivity index is 3.43. The van der Waals surface area contributed by atoms with E-state index >= 15 is 0 Å². The Labute approximate surface area is 199 Å². The first-order valence-corrected chi connectivity index (χ1v) is 13.1. The number of benzene rings is 1. The zero-order valence-corrected chi connectivity index (χ0v) is 20.1. The van der Waals surface area contributed by atoms with Gasteiger partial charge in [0.1, 0.15) is 5.69 Å². The minimum absolute atomic E-state index is 0.331. The molecule has 1 aromatic rings. The van der Waals surface area contributed by atoms with Crippen molar-refractivity contribution in [2.45, 2.75) is 12.2 Å². The number of nitrogens with one attached hydrogen (secondary N) is 1. The third kappa shape index (κ3) is 10.9. The van der Waals surface area contributed by atoms with Crippen molar-refractivity contribution in [2.75, 3.05) is 50.3 Å². The molecule has 0 bridgehead atoms. The van der Waals surface area contributed by atoms with Crippen molar-refractivity contribution in [3.63, 3.8) is 0 Å². The molecular weight excluding hydrogens is 520 g/mol. The standard InChI is InChI=1S/C16H24N4O13S2/c1-34(28,29)32-6-5-18(13-4-3-11(19(24)25)7-14(13)20(26)27)9-15(33-35(2,30)31)16(23)17-8-12(22)10-21/h3-4,7,12,15,21-22H,5-6,8-10H2,1-2H3,(H,17,23). The zero-order valence-electron chi connectivity index (χ0n) is 18.5. The molecule has 19 heteroatoms. The fourth-order valence-corrected chi connectivity index (χ4v) is 3.56. The number of nitrogens with zero attached hydrogens (tertiary/aromatic N) is 3. The summed E-state index contributed by atoms with van der Waals surface area (Å²) >= 11 is 0. The molecule has 0 saturated carbocycles. The molecule has 1 amide bonds. The van der Waals surface area contributed by atoms with E-state index in [1.807, 2.05) is 0 Å². The van der Waals surface area contributed by atoms with Gasteiger partial charge in [0.2, 0.25) is 0 Å². The second-order valence-electron chi connectivity index (χ2n) is 7.03. The van der Waals surface area contributed by atoms with Crippen LogP contribution >= 0.6 is 0 Å². The number of nitro groups is 2. The van der Waals surface area contributed by atoms with Gasteiger partial charge in [-0.05, 0) is 6.07 Å². The lowest BCUT2D eigenvalue weighted by atomic mass is 10.2. The van der Waals surface area contributed by atoms with Gasteiger partial charge >= 0.3 is 0 Å². The number of hydrogen-bond donors (Lipinski definition) is 3. The Morgan fingerprint density at radius 2 is 1.77 bits per heavy atom. The molecule has 0 aliphatic carbocycles. The predicted octanol–water partition coefficient (Wildman–Crippen LogP) is -1.90. The minimum atomic E-state index is -4.28. The van der Waals surface area contributed by atoms with Crippen molar-refractivity contribution in [2.24, 2.45) is 0 Å². The summed E-state index contributed by atoms with van der Waals surface area (Å²) in [7, 11) is -8.23. The Hall–Kier alpha value is -2.97. The fourth-order valence-electron chi connectivity index (χ4n) is 2.61. The van der Waals surface area contributed by atoms with Gasteiger partial charge in [0, 0.05) is 19.2 Å². The van der Waals surface area contributed by atoms with E-state index in [1.165, 1.54) is 0 Å². The van der Waals surface area contributed by atoms with Crippen LogP contribution in [0.5, 0.6) is 0 Å². The van der Waals surface area contributed by atoms with E-state index in [9.17, 15) is 47.0 Å². The van der Waals surface area contributed by atoms with Gasteiger partial charge in [0.15, 0.2) is 6.10 Å². The second kappa shape index (κ2) is 12.7. The highest BCUT2D eigenvalue weighted by Gasteiger charge is 2.31. The number of carbonyl (C=O) groups excluding carboxylic acids is 1. The molecule has 2 unspecified atom stereocenters. The van der Waals surface area contributed by atoms with Crippen LogP contribution in [-0.2, 0) is 33.4 Å². The molecule has 35 heavy (non-hydrogen) atoms. The van der Waals surface area contributed by atoms with Gasteiger partial charge in [-0.25, -0.2) is 0 Å². The monoisotopic (exact) mass is 544 g/mol. The number of carbonyl (C=O) groups is 1. The molecule has 17 nitrogen and oxygen atoms in total. The topological polar surface area (TPSA) is 246 Å². The molecule has 0 aromatic heterocycles. The lowest BCUT2D eigenvalue weighted by Gasteiger charge is -2.28. The van der Waals surface area contributed by atoms with Crippen LogP contribution in [0.2, 0.25) is 0 Å². The molecule has 0 saturated heterocycles. The SMILES string of the molecule is CS(=O)(=O)OCCN(CC(OS(C)(=O)=O)C(=O)NCC(O)CO)c1ccc([N+](=O)[O-])cc1[N+](=O)[O-]. The summed E-state index contributed by atoms with van der Waals surface area (Å²) in [5, 5.41) is 43.0. The van der Waals surface area contributed by atoms with Crippen LogP contribution in [0.25, 0.3) is 0 Å². The van der Waals surface area contributed by atoms with Crippen LogP contribution in [0.4, 0.5) is 17.1 Å². The molecule has 0 aliphatic rings. The van der Waals surface area contributed by atoms with Gasteiger partial charge in [0.25, 0.3) is 37.5 Å². The maximum atomic E-state index is 12.5. The summed E-state index contributed by atoms with van der Waals surface area (Å²) in [5.41, 5.74) is -1.76. The number of rotatable bonds is 15. The minimum Gasteiger partial charge on any atom is -0.394 e. The van der Waals surface area contributed by atoms with Gasteiger partial charge < -0.3 is 20.4 Å². The van der Waals surface area contributed by atoms with Gasteiger partial charge in [-0.2, -0.15) is 16.8 Å². The van der Waals surface area contributed by atoms with Crippen molar-refractivity contribution >= 4 is 43.2 Å². The van der Waals surface area contributed by atoms with Gasteiger partial charge in [0.05, 0.1) is 54.3 Å². The van der Waals surface area contributed by atoms with Crippen LogP contribution in [0.15, 0.2) is 18.2 Å². The van der Waals surface area contributed by atoms with Crippen molar-refractivity contribution in [1.82, 2.24) is 5.32 Å².